The highest BCUT2D eigenvalue weighted by molar-refractivity contribution is 7.99. The average Bonchev–Trinajstić information content (AvgIpc) is 2.79. The Kier molecular flexibility index (Phi) is 8.43. The van der Waals surface area contributed by atoms with Crippen molar-refractivity contribution in [3.05, 3.63) is 43.5 Å². The third kappa shape index (κ3) is 5.13. The smallest absolute Gasteiger partial charge is 0.360 e. The van der Waals surface area contributed by atoms with Gasteiger partial charge in [-0.25, -0.2) is 0 Å². The third-order valence-electron chi connectivity index (χ3n) is 6.76. The summed E-state index contributed by atoms with van der Waals surface area (Å²) in [5, 5.41) is 0. The Morgan fingerprint density at radius 2 is 1.00 bits per heavy atom. The molecule has 2 aromatic rings. The van der Waals surface area contributed by atoms with Gasteiger partial charge in [-0.3, -0.25) is 0 Å². The molecule has 0 radical (unpaired) electrons. The van der Waals surface area contributed by atoms with Gasteiger partial charge in [0.15, 0.2) is 0 Å². The number of hydrogen-bond donors (Lipinski definition) is 0. The van der Waals surface area contributed by atoms with Crippen molar-refractivity contribution in [3.8, 4) is 11.5 Å². The van der Waals surface area contributed by atoms with Gasteiger partial charge in [-0.2, -0.15) is 0 Å². The predicted octanol–water partition coefficient (Wildman–Crippen LogP) is 5.05. The van der Waals surface area contributed by atoms with E-state index in [0.29, 0.717) is 0 Å². The van der Waals surface area contributed by atoms with Crippen LogP contribution in [0.15, 0.2) is 46.2 Å². The van der Waals surface area contributed by atoms with Crippen molar-refractivity contribution in [2.75, 3.05) is 0 Å². The van der Waals surface area contributed by atoms with Crippen molar-refractivity contribution in [2.45, 2.75) is 87.6 Å². The van der Waals surface area contributed by atoms with Gasteiger partial charge in [0.25, 0.3) is 0 Å². The van der Waals surface area contributed by atoms with Crippen molar-refractivity contribution < 1.29 is 30.1 Å². The normalized spacial score (nSPS) is 13.5. The van der Waals surface area contributed by atoms with E-state index < -0.39 is 16.6 Å². The minimum absolute atomic E-state index is 0.150. The molecule has 1 heterocycles. The van der Waals surface area contributed by atoms with Crippen LogP contribution in [0.25, 0.3) is 0 Å². The van der Waals surface area contributed by atoms with E-state index in [-0.39, 0.29) is 21.2 Å². The second-order valence-electron chi connectivity index (χ2n) is 8.07. The second-order valence-corrected chi connectivity index (χ2v) is 21.4. The summed E-state index contributed by atoms with van der Waals surface area (Å²) >= 11 is 1.76. The maximum atomic E-state index is 6.66. The van der Waals surface area contributed by atoms with Crippen LogP contribution in [0.5, 0.6) is 11.5 Å². The zero-order chi connectivity index (χ0) is 21.8. The summed E-state index contributed by atoms with van der Waals surface area (Å²) in [5.41, 5.74) is 0. The molecule has 0 saturated heterocycles. The third-order valence-corrected chi connectivity index (χ3v) is 20.7. The highest BCUT2D eigenvalue weighted by atomic mass is 127. The van der Waals surface area contributed by atoms with Crippen molar-refractivity contribution in [1.82, 2.24) is 0 Å². The first-order valence-electron chi connectivity index (χ1n) is 11.4. The van der Waals surface area contributed by atoms with Crippen LogP contribution in [-0.4, -0.2) is 16.6 Å². The summed E-state index contributed by atoms with van der Waals surface area (Å²) in [6.07, 6.45) is 0. The van der Waals surface area contributed by atoms with Gasteiger partial charge in [0.05, 0.1) is 9.79 Å². The molecule has 3 rings (SSSR count). The van der Waals surface area contributed by atoms with Gasteiger partial charge in [0.1, 0.15) is 11.5 Å². The first-order chi connectivity index (χ1) is 14.5. The Labute approximate surface area is 200 Å². The largest absolute Gasteiger partial charge is 0.543 e. The van der Waals surface area contributed by atoms with E-state index in [0.717, 1.165) is 11.5 Å². The van der Waals surface area contributed by atoms with Gasteiger partial charge >= 0.3 is 21.2 Å². The van der Waals surface area contributed by atoms with Crippen LogP contribution in [0.4, 0.5) is 0 Å². The van der Waals surface area contributed by atoms with Crippen LogP contribution in [0.1, 0.15) is 41.5 Å². The Hall–Kier alpha value is -0.446. The molecule has 0 amide bonds. The van der Waals surface area contributed by atoms with E-state index in [4.69, 9.17) is 8.85 Å². The number of fused-ring (bicyclic) bond motifs is 2. The molecule has 164 valence electrons. The van der Waals surface area contributed by atoms with Gasteiger partial charge in [-0.05, 0) is 72.7 Å². The van der Waals surface area contributed by atoms with Crippen molar-refractivity contribution >= 4 is 28.4 Å². The average molecular weight is 572 g/mol. The Morgan fingerprint density at radius 1 is 0.633 bits per heavy atom. The van der Waals surface area contributed by atoms with Crippen LogP contribution < -0.4 is 30.1 Å². The van der Waals surface area contributed by atoms with Crippen molar-refractivity contribution in [3.63, 3.8) is 0 Å². The molecule has 0 aliphatic carbocycles. The highest BCUT2D eigenvalue weighted by Crippen LogP contribution is 2.36. The van der Waals surface area contributed by atoms with Crippen molar-refractivity contribution in [1.29, 1.82) is 0 Å². The molecule has 1 aliphatic rings. The first-order valence-corrected chi connectivity index (χ1v) is 19.5. The van der Waals surface area contributed by atoms with Crippen LogP contribution in [0.3, 0.4) is 0 Å². The topological polar surface area (TPSA) is 18.5 Å². The van der Waals surface area contributed by atoms with E-state index in [1.807, 2.05) is 11.8 Å². The molecular formula is C24H36IO2SSi2+. The number of rotatable bonds is 10. The summed E-state index contributed by atoms with van der Waals surface area (Å²) in [6.45, 7) is 13.8. The van der Waals surface area contributed by atoms with Crippen LogP contribution in [0, 0.1) is 7.14 Å². The van der Waals surface area contributed by atoms with Gasteiger partial charge in [0.2, 0.25) is 23.8 Å². The van der Waals surface area contributed by atoms with E-state index in [1.54, 1.807) is 0 Å². The maximum absolute atomic E-state index is 6.66. The standard InChI is InChI=1S/C24H36IO2SSi2/c1-7-29(8-2,9-3)26-19-13-15-21-23(17-19)28-24-18-20(14-16-22(24)25-21)27-30(10-4,11-5)12-6/h13-18H,7-12H2,1-6H3/q+1. The molecule has 0 aromatic heterocycles. The van der Waals surface area contributed by atoms with Crippen molar-refractivity contribution in [2.24, 2.45) is 0 Å². The fourth-order valence-corrected chi connectivity index (χ4v) is 13.5. The lowest BCUT2D eigenvalue weighted by atomic mass is 10.3. The van der Waals surface area contributed by atoms with Gasteiger partial charge in [-0.1, -0.05) is 53.3 Å². The monoisotopic (exact) mass is 571 g/mol. The maximum Gasteiger partial charge on any atom is 0.360 e. The summed E-state index contributed by atoms with van der Waals surface area (Å²) in [5.74, 6) is 2.15. The fourth-order valence-electron chi connectivity index (χ4n) is 4.07. The zero-order valence-electron chi connectivity index (χ0n) is 19.3. The summed E-state index contributed by atoms with van der Waals surface area (Å²) < 4.78 is 16.3. The van der Waals surface area contributed by atoms with E-state index in [9.17, 15) is 0 Å². The molecular weight excluding hydrogens is 535 g/mol. The van der Waals surface area contributed by atoms with Crippen LogP contribution in [-0.2, 0) is 0 Å². The molecule has 0 atom stereocenters. The minimum Gasteiger partial charge on any atom is -0.543 e. The molecule has 2 aromatic carbocycles. The van der Waals surface area contributed by atoms with E-state index >= 15 is 0 Å². The molecule has 0 unspecified atom stereocenters. The lowest BCUT2D eigenvalue weighted by molar-refractivity contribution is -0.606. The predicted molar refractivity (Wildman–Crippen MR) is 130 cm³/mol. The Balaban J connectivity index is 1.83. The molecule has 0 saturated carbocycles. The first kappa shape index (κ1) is 24.2. The molecule has 0 spiro atoms. The number of hydrogen-bond acceptors (Lipinski definition) is 3. The SMILES string of the molecule is CC[Si](CC)(CC)Oc1ccc2c(c1)Sc1cc(O[Si](CC)(CC)CC)ccc1[I+]2. The summed E-state index contributed by atoms with van der Waals surface area (Å²) in [7, 11) is -3.28. The molecule has 1 aliphatic heterocycles. The lowest BCUT2D eigenvalue weighted by Crippen LogP contribution is -3.62. The zero-order valence-corrected chi connectivity index (χ0v) is 24.3. The molecule has 0 N–H and O–H groups in total. The lowest BCUT2D eigenvalue weighted by Gasteiger charge is -2.29. The quantitative estimate of drug-likeness (QED) is 0.251. The molecule has 30 heavy (non-hydrogen) atoms. The number of benzene rings is 2. The Morgan fingerprint density at radius 3 is 1.33 bits per heavy atom. The molecule has 0 bridgehead atoms. The van der Waals surface area contributed by atoms with Crippen LogP contribution in [0.2, 0.25) is 36.3 Å². The highest BCUT2D eigenvalue weighted by Gasteiger charge is 2.35. The minimum atomic E-state index is -1.64. The van der Waals surface area contributed by atoms with Gasteiger partial charge < -0.3 is 8.85 Å². The second kappa shape index (κ2) is 10.4. The number of halogens is 1. The molecule has 2 nitrogen and oxygen atoms in total. The van der Waals surface area contributed by atoms with E-state index in [2.05, 4.69) is 77.9 Å². The van der Waals surface area contributed by atoms with Crippen LogP contribution >= 0.6 is 11.8 Å². The van der Waals surface area contributed by atoms with E-state index in [1.165, 1.54) is 53.2 Å². The van der Waals surface area contributed by atoms with Gasteiger partial charge in [0, 0.05) is 0 Å². The summed E-state index contributed by atoms with van der Waals surface area (Å²) in [4.78, 5) is 2.78. The molecule has 6 heteroatoms. The van der Waals surface area contributed by atoms with Gasteiger partial charge in [-0.15, -0.1) is 0 Å². The summed E-state index contributed by atoms with van der Waals surface area (Å²) in [6, 6.07) is 20.8. The Bertz CT molecular complexity index is 780. The fraction of sp³-hybridized carbons (Fsp3) is 0.500. The molecule has 0 fully saturated rings.